The number of carbonyl (C=O) groups excluding carboxylic acids is 3. The molecule has 260 valence electrons. The average molecular weight is 673 g/mol. The van der Waals surface area contributed by atoms with Gasteiger partial charge in [-0.15, -0.1) is 5.92 Å². The van der Waals surface area contributed by atoms with Gasteiger partial charge in [-0.05, 0) is 56.2 Å². The molecule has 4 N–H and O–H groups in total. The summed E-state index contributed by atoms with van der Waals surface area (Å²) in [6, 6.07) is 7.94. The molecule has 0 radical (unpaired) electrons. The maximum absolute atomic E-state index is 12.4. The van der Waals surface area contributed by atoms with Gasteiger partial charge in [0, 0.05) is 49.1 Å². The Balaban J connectivity index is 0.882. The van der Waals surface area contributed by atoms with Crippen LogP contribution >= 0.6 is 11.8 Å². The molecule has 2 heterocycles. The van der Waals surface area contributed by atoms with E-state index in [4.69, 9.17) is 18.9 Å². The molecule has 0 saturated carbocycles. The largest absolute Gasteiger partial charge is 0.379 e. The second kappa shape index (κ2) is 21.9. The summed E-state index contributed by atoms with van der Waals surface area (Å²) in [5.74, 6) is 7.33. The number of carbonyl (C=O) groups is 3. The third-order valence-electron chi connectivity index (χ3n) is 8.34. The molecule has 1 aromatic rings. The number of thioether (sulfide) groups is 1. The highest BCUT2D eigenvalue weighted by atomic mass is 32.2. The van der Waals surface area contributed by atoms with Crippen molar-refractivity contribution in [2.75, 3.05) is 58.5 Å². The fourth-order valence-electron chi connectivity index (χ4n) is 5.70. The molecule has 4 rings (SSSR count). The molecule has 4 atom stereocenters. The van der Waals surface area contributed by atoms with Gasteiger partial charge < -0.3 is 40.2 Å². The highest BCUT2D eigenvalue weighted by molar-refractivity contribution is 8.00. The fourth-order valence-corrected chi connectivity index (χ4v) is 7.24. The van der Waals surface area contributed by atoms with E-state index in [1.165, 1.54) is 12.8 Å². The topological polar surface area (TPSA) is 136 Å². The zero-order valence-corrected chi connectivity index (χ0v) is 28.3. The quantitative estimate of drug-likeness (QED) is 0.0835. The zero-order valence-electron chi connectivity index (χ0n) is 27.5. The summed E-state index contributed by atoms with van der Waals surface area (Å²) < 4.78 is 22.6. The van der Waals surface area contributed by atoms with Crippen LogP contribution in [0.3, 0.4) is 0 Å². The van der Waals surface area contributed by atoms with E-state index in [9.17, 15) is 14.4 Å². The lowest BCUT2D eigenvalue weighted by atomic mass is 10.0. The maximum Gasteiger partial charge on any atom is 0.315 e. The Kier molecular flexibility index (Phi) is 17.3. The monoisotopic (exact) mass is 672 g/mol. The van der Waals surface area contributed by atoms with Crippen molar-refractivity contribution < 1.29 is 33.3 Å². The van der Waals surface area contributed by atoms with E-state index in [0.717, 1.165) is 49.8 Å². The average Bonchev–Trinajstić information content (AvgIpc) is 3.62. The van der Waals surface area contributed by atoms with E-state index >= 15 is 0 Å². The number of nitrogens with one attached hydrogen (secondary N) is 4. The third kappa shape index (κ3) is 14.5. The Hall–Kier alpha value is -2.82. The fraction of sp³-hybridized carbons (Fsp3) is 0.686. The molecule has 1 unspecified atom stereocenters. The lowest BCUT2D eigenvalue weighted by molar-refractivity contribution is -0.121. The number of benzene rings is 1. The van der Waals surface area contributed by atoms with Crippen molar-refractivity contribution in [1.29, 1.82) is 0 Å². The first kappa shape index (κ1) is 37.0. The molecule has 0 bridgehead atoms. The summed E-state index contributed by atoms with van der Waals surface area (Å²) >= 11 is 1.90. The van der Waals surface area contributed by atoms with Crippen LogP contribution in [-0.2, 0) is 30.3 Å². The SMILES string of the molecule is O=C(CCCC[C@@H]1SC[C@@H]2NC(=O)N[C@@H]21)NCCOCCOCCOCCCNC(=O)c1ccc(COC2C#CCCCCC2)cc1. The van der Waals surface area contributed by atoms with Crippen molar-refractivity contribution in [3.8, 4) is 11.8 Å². The molecule has 1 aromatic carbocycles. The number of amides is 4. The minimum atomic E-state index is -0.0988. The molecule has 2 saturated heterocycles. The Bertz CT molecular complexity index is 1160. The minimum Gasteiger partial charge on any atom is -0.379 e. The van der Waals surface area contributed by atoms with Crippen molar-refractivity contribution in [2.45, 2.75) is 94.3 Å². The van der Waals surface area contributed by atoms with Crippen LogP contribution in [0, 0.1) is 11.8 Å². The van der Waals surface area contributed by atoms with E-state index in [1.807, 2.05) is 36.0 Å². The van der Waals surface area contributed by atoms with Crippen LogP contribution in [0.4, 0.5) is 4.79 Å². The number of ether oxygens (including phenoxy) is 4. The summed E-state index contributed by atoms with van der Waals surface area (Å²) in [6.45, 7) is 4.37. The number of fused-ring (bicyclic) bond motifs is 1. The van der Waals surface area contributed by atoms with Gasteiger partial charge in [-0.2, -0.15) is 11.8 Å². The van der Waals surface area contributed by atoms with Gasteiger partial charge in [0.05, 0.1) is 51.7 Å². The van der Waals surface area contributed by atoms with E-state index in [0.29, 0.717) is 83.0 Å². The van der Waals surface area contributed by atoms with Crippen LogP contribution in [0.2, 0.25) is 0 Å². The Labute approximate surface area is 283 Å². The number of urea groups is 1. The van der Waals surface area contributed by atoms with Crippen LogP contribution in [-0.4, -0.2) is 99.8 Å². The van der Waals surface area contributed by atoms with E-state index in [-0.39, 0.29) is 36.0 Å². The lowest BCUT2D eigenvalue weighted by Gasteiger charge is -2.16. The van der Waals surface area contributed by atoms with Crippen LogP contribution < -0.4 is 21.3 Å². The highest BCUT2D eigenvalue weighted by Crippen LogP contribution is 2.33. The predicted molar refractivity (Wildman–Crippen MR) is 182 cm³/mol. The molecule has 0 spiro atoms. The second-order valence-corrected chi connectivity index (χ2v) is 13.4. The predicted octanol–water partition coefficient (Wildman–Crippen LogP) is 3.55. The van der Waals surface area contributed by atoms with Crippen molar-refractivity contribution in [1.82, 2.24) is 21.3 Å². The summed E-state index contributed by atoms with van der Waals surface area (Å²) in [5, 5.41) is 12.2. The van der Waals surface area contributed by atoms with Crippen molar-refractivity contribution in [2.24, 2.45) is 0 Å². The van der Waals surface area contributed by atoms with Crippen LogP contribution in [0.1, 0.15) is 80.1 Å². The summed E-state index contributed by atoms with van der Waals surface area (Å²) in [6.07, 6.45) is 9.54. The van der Waals surface area contributed by atoms with Crippen molar-refractivity contribution in [3.63, 3.8) is 0 Å². The van der Waals surface area contributed by atoms with Gasteiger partial charge in [0.15, 0.2) is 0 Å². The molecule has 11 nitrogen and oxygen atoms in total. The maximum atomic E-state index is 12.4. The molecule has 2 aliphatic heterocycles. The second-order valence-electron chi connectivity index (χ2n) is 12.1. The Morgan fingerprint density at radius 3 is 2.49 bits per heavy atom. The van der Waals surface area contributed by atoms with Crippen molar-refractivity contribution in [3.05, 3.63) is 35.4 Å². The summed E-state index contributed by atoms with van der Waals surface area (Å²) in [5.41, 5.74) is 1.66. The Morgan fingerprint density at radius 2 is 1.66 bits per heavy atom. The van der Waals surface area contributed by atoms with E-state index in [2.05, 4.69) is 33.1 Å². The standard InChI is InChI=1S/C35H52N4O7S/c40-32(12-7-6-11-31-33-30(26-47-31)38-35(42)39-33)36-18-20-44-22-24-45-23-21-43-19-8-17-37-34(41)28-15-13-27(14-16-28)25-46-29-9-4-2-1-3-5-10-29/h13-16,29-31,33H,1-4,6-9,11-12,17-26H2,(H,36,40)(H,37,41)(H2,38,39,42)/t29?,30-,31-,33-/m0/s1. The van der Waals surface area contributed by atoms with Gasteiger partial charge >= 0.3 is 6.03 Å². The number of hydrogen-bond donors (Lipinski definition) is 4. The first-order valence-electron chi connectivity index (χ1n) is 17.2. The zero-order chi connectivity index (χ0) is 32.9. The molecule has 1 aliphatic carbocycles. The summed E-state index contributed by atoms with van der Waals surface area (Å²) in [7, 11) is 0. The lowest BCUT2D eigenvalue weighted by Crippen LogP contribution is -2.36. The van der Waals surface area contributed by atoms with Crippen LogP contribution in [0.15, 0.2) is 24.3 Å². The molecule has 12 heteroatoms. The molecule has 2 fully saturated rings. The normalized spacial score (nSPS) is 21.8. The van der Waals surface area contributed by atoms with Gasteiger partial charge in [0.1, 0.15) is 6.10 Å². The van der Waals surface area contributed by atoms with Gasteiger partial charge in [-0.25, -0.2) is 4.79 Å². The summed E-state index contributed by atoms with van der Waals surface area (Å²) in [4.78, 5) is 35.9. The smallest absolute Gasteiger partial charge is 0.315 e. The number of hydrogen-bond acceptors (Lipinski definition) is 8. The van der Waals surface area contributed by atoms with Gasteiger partial charge in [0.2, 0.25) is 5.91 Å². The first-order valence-corrected chi connectivity index (χ1v) is 18.3. The van der Waals surface area contributed by atoms with Gasteiger partial charge in [-0.1, -0.05) is 30.9 Å². The van der Waals surface area contributed by atoms with Gasteiger partial charge in [0.25, 0.3) is 5.91 Å². The van der Waals surface area contributed by atoms with E-state index in [1.54, 1.807) is 0 Å². The highest BCUT2D eigenvalue weighted by Gasteiger charge is 2.42. The molecule has 47 heavy (non-hydrogen) atoms. The van der Waals surface area contributed by atoms with E-state index < -0.39 is 0 Å². The van der Waals surface area contributed by atoms with Gasteiger partial charge in [-0.3, -0.25) is 9.59 Å². The number of unbranched alkanes of at least 4 members (excludes halogenated alkanes) is 1. The Morgan fingerprint density at radius 1 is 0.872 bits per heavy atom. The third-order valence-corrected chi connectivity index (χ3v) is 9.85. The molecule has 0 aromatic heterocycles. The number of rotatable bonds is 22. The molecule has 3 aliphatic rings. The van der Waals surface area contributed by atoms with Crippen LogP contribution in [0.25, 0.3) is 0 Å². The van der Waals surface area contributed by atoms with Crippen LogP contribution in [0.5, 0.6) is 0 Å². The van der Waals surface area contributed by atoms with Crippen molar-refractivity contribution >= 4 is 29.6 Å². The molecule has 4 amide bonds. The molecular formula is C35H52N4O7S. The molecular weight excluding hydrogens is 620 g/mol. The minimum absolute atomic E-state index is 0.00145. The first-order chi connectivity index (χ1) is 23.1.